The standard InChI is InChI=1S/C67H112N2/c1-65(2)59-31-19-17-29-53(59)55-37-33-49(41-61(55)65)68(47-25-13-7-14-26-47)51-35-39-57-58-40-36-52(44-64(58)67(63(57)43-51,45-21-9-5-10-22-45)46-23-11-6-12-24-46)69(48-27-15-8-16-28-48)50-34-38-56-54-30-18-20-32-60(54)66(3,4)62(56)42-50/h45-64H,5-44H2,1-4H3. The van der Waals surface area contributed by atoms with Crippen molar-refractivity contribution in [3.05, 3.63) is 0 Å². The quantitative estimate of drug-likeness (QED) is 0.239. The van der Waals surface area contributed by atoms with Gasteiger partial charge in [0.05, 0.1) is 0 Å². The molecule has 0 heterocycles. The first-order valence-corrected chi connectivity index (χ1v) is 33.3. The average molecular weight is 946 g/mol. The Morgan fingerprint density at radius 2 is 0.507 bits per heavy atom. The van der Waals surface area contributed by atoms with Gasteiger partial charge in [0.15, 0.2) is 0 Å². The third-order valence-corrected chi connectivity index (χ3v) is 28.2. The lowest BCUT2D eigenvalue weighted by atomic mass is 9.48. The Bertz CT molecular complexity index is 1580. The Hall–Kier alpha value is -0.0800. The van der Waals surface area contributed by atoms with E-state index in [2.05, 4.69) is 37.5 Å². The SMILES string of the molecule is CC1(C)C2CCCCC2C2CCC(N(C3CCCCC3)C3CCC4C5CCC(N(C6CCCCC6)C6CCC7C8CCCCC8C(C)(C)C7C6)CC5C(C5CCCCC5)(C5CCCCC5)C4C3)CC21. The maximum Gasteiger partial charge on any atom is 0.0104 e. The van der Waals surface area contributed by atoms with Crippen LogP contribution in [0.5, 0.6) is 0 Å². The van der Waals surface area contributed by atoms with E-state index >= 15 is 0 Å². The number of rotatable bonds is 8. The summed E-state index contributed by atoms with van der Waals surface area (Å²) in [6, 6.07) is 5.34. The first kappa shape index (κ1) is 48.6. The fraction of sp³-hybridized carbons (Fsp3) is 1.00. The minimum absolute atomic E-state index is 0.565. The van der Waals surface area contributed by atoms with Crippen molar-refractivity contribution in [2.75, 3.05) is 0 Å². The molecule has 0 N–H and O–H groups in total. The first-order chi connectivity index (χ1) is 33.7. The average Bonchev–Trinajstić information content (AvgIpc) is 3.91. The van der Waals surface area contributed by atoms with E-state index < -0.39 is 0 Å². The van der Waals surface area contributed by atoms with Gasteiger partial charge < -0.3 is 0 Å². The van der Waals surface area contributed by atoms with Crippen molar-refractivity contribution in [3.8, 4) is 0 Å². The van der Waals surface area contributed by atoms with Crippen molar-refractivity contribution in [2.45, 2.75) is 321 Å². The molecule has 390 valence electrons. The van der Waals surface area contributed by atoms with Gasteiger partial charge in [0.1, 0.15) is 0 Å². The first-order valence-electron chi connectivity index (χ1n) is 33.3. The summed E-state index contributed by atoms with van der Waals surface area (Å²) < 4.78 is 0. The monoisotopic (exact) mass is 945 g/mol. The molecular weight excluding hydrogens is 833 g/mol. The normalized spacial score (nSPS) is 47.2. The van der Waals surface area contributed by atoms with Gasteiger partial charge in [-0.25, -0.2) is 0 Å². The Labute approximate surface area is 427 Å². The van der Waals surface area contributed by atoms with E-state index in [-0.39, 0.29) is 0 Å². The molecule has 16 unspecified atom stereocenters. The van der Waals surface area contributed by atoms with Crippen molar-refractivity contribution < 1.29 is 0 Å². The van der Waals surface area contributed by atoms with Crippen LogP contribution >= 0.6 is 0 Å². The molecule has 0 bridgehead atoms. The predicted molar refractivity (Wildman–Crippen MR) is 290 cm³/mol. The van der Waals surface area contributed by atoms with E-state index in [0.29, 0.717) is 16.2 Å². The van der Waals surface area contributed by atoms with Crippen LogP contribution in [-0.2, 0) is 0 Å². The molecule has 13 saturated carbocycles. The maximum atomic E-state index is 3.52. The highest BCUT2D eigenvalue weighted by Gasteiger charge is 2.68. The van der Waals surface area contributed by atoms with Crippen LogP contribution in [0, 0.1) is 99.1 Å². The van der Waals surface area contributed by atoms with E-state index in [1.807, 2.05) is 0 Å². The van der Waals surface area contributed by atoms with Crippen molar-refractivity contribution in [1.29, 1.82) is 0 Å². The van der Waals surface area contributed by atoms with Gasteiger partial charge in [0.2, 0.25) is 0 Å². The molecule has 2 heteroatoms. The van der Waals surface area contributed by atoms with E-state index in [9.17, 15) is 0 Å². The highest BCUT2D eigenvalue weighted by Crippen LogP contribution is 2.73. The van der Waals surface area contributed by atoms with Crippen LogP contribution in [0.15, 0.2) is 0 Å². The zero-order chi connectivity index (χ0) is 46.5. The summed E-state index contributed by atoms with van der Waals surface area (Å²) in [5.41, 5.74) is 1.77. The minimum atomic E-state index is 0.565. The van der Waals surface area contributed by atoms with Crippen molar-refractivity contribution >= 4 is 0 Å². The molecule has 0 saturated heterocycles. The van der Waals surface area contributed by atoms with Crippen LogP contribution < -0.4 is 0 Å². The second-order valence-corrected chi connectivity index (χ2v) is 30.8. The lowest BCUT2D eigenvalue weighted by Gasteiger charge is -2.59. The fourth-order valence-electron chi connectivity index (χ4n) is 26.0. The molecule has 13 aliphatic rings. The molecule has 0 aromatic heterocycles. The zero-order valence-corrected chi connectivity index (χ0v) is 46.2. The molecule has 0 aromatic carbocycles. The highest BCUT2D eigenvalue weighted by molar-refractivity contribution is 5.17. The number of hydrogen-bond donors (Lipinski definition) is 0. The molecular formula is C67H112N2. The molecule has 0 amide bonds. The smallest absolute Gasteiger partial charge is 0.0104 e. The molecule has 13 rings (SSSR count). The fourth-order valence-corrected chi connectivity index (χ4v) is 26.0. The van der Waals surface area contributed by atoms with Gasteiger partial charge in [-0.3, -0.25) is 9.80 Å². The summed E-state index contributed by atoms with van der Waals surface area (Å²) in [4.78, 5) is 7.03. The third-order valence-electron chi connectivity index (χ3n) is 28.2. The topological polar surface area (TPSA) is 6.48 Å². The van der Waals surface area contributed by atoms with Gasteiger partial charge in [-0.15, -0.1) is 0 Å². The van der Waals surface area contributed by atoms with Gasteiger partial charge in [-0.1, -0.05) is 130 Å². The molecule has 13 fully saturated rings. The number of hydrogen-bond acceptors (Lipinski definition) is 2. The molecule has 69 heavy (non-hydrogen) atoms. The van der Waals surface area contributed by atoms with Gasteiger partial charge in [-0.05, 0) is 253 Å². The third kappa shape index (κ3) is 8.18. The Morgan fingerprint density at radius 1 is 0.232 bits per heavy atom. The zero-order valence-electron chi connectivity index (χ0n) is 46.2. The number of fused-ring (bicyclic) bond motifs is 9. The van der Waals surface area contributed by atoms with Crippen LogP contribution in [0.4, 0.5) is 0 Å². The van der Waals surface area contributed by atoms with Gasteiger partial charge in [-0.2, -0.15) is 0 Å². The van der Waals surface area contributed by atoms with Crippen molar-refractivity contribution in [1.82, 2.24) is 9.80 Å². The Balaban J connectivity index is 0.838. The second-order valence-electron chi connectivity index (χ2n) is 30.8. The predicted octanol–water partition coefficient (Wildman–Crippen LogP) is 18.2. The summed E-state index contributed by atoms with van der Waals surface area (Å²) >= 11 is 0. The van der Waals surface area contributed by atoms with Crippen molar-refractivity contribution in [3.63, 3.8) is 0 Å². The summed E-state index contributed by atoms with van der Waals surface area (Å²) in [6.45, 7) is 11.2. The molecule has 0 spiro atoms. The molecule has 0 aliphatic heterocycles. The van der Waals surface area contributed by atoms with Crippen LogP contribution in [0.2, 0.25) is 0 Å². The molecule has 0 aromatic rings. The van der Waals surface area contributed by atoms with Crippen LogP contribution in [-0.4, -0.2) is 46.1 Å². The summed E-state index contributed by atoms with van der Waals surface area (Å²) in [7, 11) is 0. The van der Waals surface area contributed by atoms with Crippen LogP contribution in [0.3, 0.4) is 0 Å². The summed E-state index contributed by atoms with van der Waals surface area (Å²) in [5, 5.41) is 0. The van der Waals surface area contributed by atoms with E-state index in [0.717, 1.165) is 119 Å². The Kier molecular flexibility index (Phi) is 13.9. The van der Waals surface area contributed by atoms with Crippen LogP contribution in [0.25, 0.3) is 0 Å². The van der Waals surface area contributed by atoms with E-state index in [1.165, 1.54) is 89.9 Å². The lowest BCUT2D eigenvalue weighted by Crippen LogP contribution is -2.58. The minimum Gasteiger partial charge on any atom is -0.294 e. The van der Waals surface area contributed by atoms with Gasteiger partial charge >= 0.3 is 0 Å². The van der Waals surface area contributed by atoms with Gasteiger partial charge in [0.25, 0.3) is 0 Å². The van der Waals surface area contributed by atoms with E-state index in [4.69, 9.17) is 0 Å². The largest absolute Gasteiger partial charge is 0.294 e. The van der Waals surface area contributed by atoms with E-state index in [1.54, 1.807) is 167 Å². The summed E-state index contributed by atoms with van der Waals surface area (Å²) in [6.07, 6.45) is 62.5. The summed E-state index contributed by atoms with van der Waals surface area (Å²) in [5.74, 6) is 14.5. The molecule has 13 aliphatic carbocycles. The molecule has 16 atom stereocenters. The van der Waals surface area contributed by atoms with Gasteiger partial charge in [0, 0.05) is 36.3 Å². The second kappa shape index (κ2) is 19.8. The molecule has 0 radical (unpaired) electrons. The maximum absolute atomic E-state index is 3.52. The number of nitrogens with zero attached hydrogens (tertiary/aromatic N) is 2. The lowest BCUT2D eigenvalue weighted by molar-refractivity contribution is -0.103. The molecule has 2 nitrogen and oxygen atoms in total. The van der Waals surface area contributed by atoms with Crippen LogP contribution in [0.1, 0.15) is 285 Å². The Morgan fingerprint density at radius 3 is 0.870 bits per heavy atom. The highest BCUT2D eigenvalue weighted by atomic mass is 15.2. The van der Waals surface area contributed by atoms with Crippen molar-refractivity contribution in [2.24, 2.45) is 99.1 Å².